The fourth-order valence-electron chi connectivity index (χ4n) is 3.20. The number of halogens is 3. The van der Waals surface area contributed by atoms with Crippen LogP contribution in [0.4, 0.5) is 19.0 Å². The summed E-state index contributed by atoms with van der Waals surface area (Å²) in [5, 5.41) is 10.5. The normalized spacial score (nSPS) is 11.5. The fourth-order valence-corrected chi connectivity index (χ4v) is 3.20. The van der Waals surface area contributed by atoms with Crippen LogP contribution in [0.25, 0.3) is 5.69 Å². The Balaban J connectivity index is 1.52. The van der Waals surface area contributed by atoms with Gasteiger partial charge in [0.1, 0.15) is 0 Å². The highest BCUT2D eigenvalue weighted by Crippen LogP contribution is 2.34. The molecule has 32 heavy (non-hydrogen) atoms. The molecule has 0 aliphatic carbocycles. The second-order valence-corrected chi connectivity index (χ2v) is 7.18. The molecule has 4 aromatic rings. The van der Waals surface area contributed by atoms with Crippen LogP contribution in [0.15, 0.2) is 67.3 Å². The standard InChI is InChI=1S/C22H19F3N6O/c1-15-2-4-17(5-3-15)31-20(22(23,24)25)18(14-27-31)21(32)28-19-9-13-30(29-19)12-8-16-6-10-26-11-7-16/h2-7,9-11,13-14H,8,12H2,1H3,(H,28,29,32). The van der Waals surface area contributed by atoms with E-state index in [4.69, 9.17) is 0 Å². The van der Waals surface area contributed by atoms with Crippen molar-refractivity contribution >= 4 is 11.7 Å². The third kappa shape index (κ3) is 4.69. The van der Waals surface area contributed by atoms with Gasteiger partial charge in [0.15, 0.2) is 11.5 Å². The van der Waals surface area contributed by atoms with E-state index >= 15 is 0 Å². The van der Waals surface area contributed by atoms with Crippen LogP contribution >= 0.6 is 0 Å². The molecule has 1 aromatic carbocycles. The lowest BCUT2D eigenvalue weighted by Crippen LogP contribution is -2.21. The molecule has 4 rings (SSSR count). The number of benzene rings is 1. The lowest BCUT2D eigenvalue weighted by atomic mass is 10.2. The number of carbonyl (C=O) groups excluding carboxylic acids is 1. The molecule has 1 amide bonds. The molecule has 0 spiro atoms. The summed E-state index contributed by atoms with van der Waals surface area (Å²) in [5.74, 6) is -0.781. The first-order chi connectivity index (χ1) is 15.3. The van der Waals surface area contributed by atoms with E-state index in [2.05, 4.69) is 20.5 Å². The molecule has 0 saturated heterocycles. The smallest absolute Gasteiger partial charge is 0.305 e. The lowest BCUT2D eigenvalue weighted by molar-refractivity contribution is -0.143. The molecular formula is C22H19F3N6O. The van der Waals surface area contributed by atoms with Crippen molar-refractivity contribution in [1.82, 2.24) is 24.5 Å². The van der Waals surface area contributed by atoms with Crippen molar-refractivity contribution in [2.75, 3.05) is 5.32 Å². The molecule has 10 heteroatoms. The zero-order valence-corrected chi connectivity index (χ0v) is 17.0. The largest absolute Gasteiger partial charge is 0.434 e. The minimum Gasteiger partial charge on any atom is -0.305 e. The van der Waals surface area contributed by atoms with Gasteiger partial charge < -0.3 is 5.32 Å². The molecule has 0 aliphatic rings. The maximum absolute atomic E-state index is 13.8. The third-order valence-electron chi connectivity index (χ3n) is 4.82. The van der Waals surface area contributed by atoms with Crippen molar-refractivity contribution in [3.63, 3.8) is 0 Å². The first-order valence-electron chi connectivity index (χ1n) is 9.77. The Bertz CT molecular complexity index is 1210. The number of carbonyl (C=O) groups is 1. The van der Waals surface area contributed by atoms with Gasteiger partial charge in [-0.1, -0.05) is 17.7 Å². The van der Waals surface area contributed by atoms with E-state index in [0.717, 1.165) is 22.0 Å². The summed E-state index contributed by atoms with van der Waals surface area (Å²) in [6.45, 7) is 2.37. The summed E-state index contributed by atoms with van der Waals surface area (Å²) in [4.78, 5) is 16.6. The number of pyridine rings is 1. The van der Waals surface area contributed by atoms with Crippen molar-refractivity contribution in [3.05, 3.63) is 89.6 Å². The molecule has 7 nitrogen and oxygen atoms in total. The van der Waals surface area contributed by atoms with E-state index in [1.165, 1.54) is 18.2 Å². The van der Waals surface area contributed by atoms with Gasteiger partial charge in [0.05, 0.1) is 17.4 Å². The van der Waals surface area contributed by atoms with E-state index in [0.29, 0.717) is 13.0 Å². The number of nitrogens with one attached hydrogen (secondary N) is 1. The number of amides is 1. The van der Waals surface area contributed by atoms with Crippen molar-refractivity contribution in [3.8, 4) is 5.69 Å². The minimum atomic E-state index is -4.78. The van der Waals surface area contributed by atoms with Crippen molar-refractivity contribution < 1.29 is 18.0 Å². The van der Waals surface area contributed by atoms with E-state index in [-0.39, 0.29) is 11.5 Å². The number of aryl methyl sites for hydroxylation is 3. The molecule has 0 unspecified atom stereocenters. The highest BCUT2D eigenvalue weighted by molar-refractivity contribution is 6.04. The topological polar surface area (TPSA) is 77.6 Å². The van der Waals surface area contributed by atoms with Gasteiger partial charge in [-0.3, -0.25) is 14.5 Å². The Morgan fingerprint density at radius 3 is 2.47 bits per heavy atom. The second kappa shape index (κ2) is 8.66. The zero-order chi connectivity index (χ0) is 22.7. The van der Waals surface area contributed by atoms with Gasteiger partial charge in [0.25, 0.3) is 5.91 Å². The highest BCUT2D eigenvalue weighted by atomic mass is 19.4. The maximum atomic E-state index is 13.8. The molecule has 0 radical (unpaired) electrons. The number of aromatic nitrogens is 5. The van der Waals surface area contributed by atoms with Gasteiger partial charge in [0, 0.05) is 31.2 Å². The molecule has 3 heterocycles. The number of hydrogen-bond donors (Lipinski definition) is 1. The van der Waals surface area contributed by atoms with E-state index in [1.54, 1.807) is 35.4 Å². The second-order valence-electron chi connectivity index (χ2n) is 7.18. The summed E-state index contributed by atoms with van der Waals surface area (Å²) in [6, 6.07) is 11.7. The molecule has 0 saturated carbocycles. The Hall–Kier alpha value is -3.95. The van der Waals surface area contributed by atoms with Crippen LogP contribution in [0.3, 0.4) is 0 Å². The average molecular weight is 440 g/mol. The van der Waals surface area contributed by atoms with Crippen molar-refractivity contribution in [2.45, 2.75) is 26.1 Å². The number of hydrogen-bond acceptors (Lipinski definition) is 4. The SMILES string of the molecule is Cc1ccc(-n2ncc(C(=O)Nc3ccn(CCc4ccncc4)n3)c2C(F)(F)F)cc1. The molecule has 0 atom stereocenters. The van der Waals surface area contributed by atoms with Crippen molar-refractivity contribution in [2.24, 2.45) is 0 Å². The molecule has 0 bridgehead atoms. The van der Waals surface area contributed by atoms with Crippen LogP contribution in [0.2, 0.25) is 0 Å². The first kappa shape index (κ1) is 21.3. The monoisotopic (exact) mass is 440 g/mol. The van der Waals surface area contributed by atoms with Gasteiger partial charge in [-0.2, -0.15) is 23.4 Å². The van der Waals surface area contributed by atoms with Crippen LogP contribution in [0.5, 0.6) is 0 Å². The van der Waals surface area contributed by atoms with Crippen LogP contribution in [-0.2, 0) is 19.1 Å². The molecule has 164 valence electrons. The third-order valence-corrected chi connectivity index (χ3v) is 4.82. The summed E-state index contributed by atoms with van der Waals surface area (Å²) >= 11 is 0. The summed E-state index contributed by atoms with van der Waals surface area (Å²) in [5.41, 5.74) is 0.453. The van der Waals surface area contributed by atoms with Crippen LogP contribution in [0, 0.1) is 6.92 Å². The molecule has 0 fully saturated rings. The Labute approximate surface area is 181 Å². The highest BCUT2D eigenvalue weighted by Gasteiger charge is 2.40. The van der Waals surface area contributed by atoms with Crippen LogP contribution < -0.4 is 5.32 Å². The van der Waals surface area contributed by atoms with Gasteiger partial charge in [-0.25, -0.2) is 4.68 Å². The predicted octanol–water partition coefficient (Wildman–Crippen LogP) is 4.29. The molecule has 0 aliphatic heterocycles. The van der Waals surface area contributed by atoms with Crippen LogP contribution in [-0.4, -0.2) is 30.5 Å². The fraction of sp³-hybridized carbons (Fsp3) is 0.182. The zero-order valence-electron chi connectivity index (χ0n) is 17.0. The quantitative estimate of drug-likeness (QED) is 0.485. The molecular weight excluding hydrogens is 421 g/mol. The van der Waals surface area contributed by atoms with E-state index in [9.17, 15) is 18.0 Å². The number of rotatable bonds is 6. The summed E-state index contributed by atoms with van der Waals surface area (Å²) < 4.78 is 43.8. The van der Waals surface area contributed by atoms with Crippen molar-refractivity contribution in [1.29, 1.82) is 0 Å². The molecule has 1 N–H and O–H groups in total. The number of alkyl halides is 3. The van der Waals surface area contributed by atoms with Crippen LogP contribution in [0.1, 0.15) is 27.2 Å². The summed E-state index contributed by atoms with van der Waals surface area (Å²) in [7, 11) is 0. The van der Waals surface area contributed by atoms with Gasteiger partial charge in [-0.15, -0.1) is 0 Å². The summed E-state index contributed by atoms with van der Waals surface area (Å²) in [6.07, 6.45) is 1.87. The Morgan fingerprint density at radius 2 is 1.78 bits per heavy atom. The Kier molecular flexibility index (Phi) is 5.76. The molecule has 3 aromatic heterocycles. The van der Waals surface area contributed by atoms with Gasteiger partial charge in [-0.05, 0) is 43.2 Å². The number of nitrogens with zero attached hydrogens (tertiary/aromatic N) is 5. The van der Waals surface area contributed by atoms with E-state index < -0.39 is 23.3 Å². The first-order valence-corrected chi connectivity index (χ1v) is 9.77. The Morgan fingerprint density at radius 1 is 1.06 bits per heavy atom. The van der Waals surface area contributed by atoms with Gasteiger partial charge in [0.2, 0.25) is 0 Å². The predicted molar refractivity (Wildman–Crippen MR) is 111 cm³/mol. The number of anilines is 1. The lowest BCUT2D eigenvalue weighted by Gasteiger charge is -2.12. The maximum Gasteiger partial charge on any atom is 0.434 e. The van der Waals surface area contributed by atoms with Gasteiger partial charge >= 0.3 is 6.18 Å². The van der Waals surface area contributed by atoms with E-state index in [1.807, 2.05) is 19.1 Å². The average Bonchev–Trinajstić information content (AvgIpc) is 3.41. The minimum absolute atomic E-state index is 0.154.